The SMILES string of the molecule is [CH2-]c1ccc(Cl)c(Cl)c1.[Cl][Zn+]. The fourth-order valence-corrected chi connectivity index (χ4v) is 0.860. The van der Waals surface area contributed by atoms with Crippen LogP contribution in [0.4, 0.5) is 0 Å². The minimum absolute atomic E-state index is 0.559. The van der Waals surface area contributed by atoms with Crippen LogP contribution in [-0.2, 0) is 17.3 Å². The molecule has 0 aromatic heterocycles. The molecule has 0 bridgehead atoms. The molecule has 11 heavy (non-hydrogen) atoms. The van der Waals surface area contributed by atoms with E-state index < -0.39 is 0 Å². The molecule has 1 aromatic rings. The Morgan fingerprint density at radius 3 is 2.00 bits per heavy atom. The minimum atomic E-state index is 0.559. The van der Waals surface area contributed by atoms with Crippen molar-refractivity contribution >= 4 is 32.9 Å². The Morgan fingerprint density at radius 1 is 1.09 bits per heavy atom. The van der Waals surface area contributed by atoms with Gasteiger partial charge >= 0.3 is 27.0 Å². The Hall–Kier alpha value is 0.583. The van der Waals surface area contributed by atoms with E-state index in [0.29, 0.717) is 10.0 Å². The number of hydrogen-bond acceptors (Lipinski definition) is 0. The molecule has 0 spiro atoms. The van der Waals surface area contributed by atoms with Gasteiger partial charge in [0.15, 0.2) is 0 Å². The first-order valence-corrected chi connectivity index (χ1v) is 7.39. The van der Waals surface area contributed by atoms with Gasteiger partial charge in [0.1, 0.15) is 0 Å². The second kappa shape index (κ2) is 6.14. The quantitative estimate of drug-likeness (QED) is 0.491. The van der Waals surface area contributed by atoms with Crippen molar-refractivity contribution in [2.75, 3.05) is 0 Å². The van der Waals surface area contributed by atoms with Crippen LogP contribution in [0.25, 0.3) is 0 Å². The van der Waals surface area contributed by atoms with Crippen LogP contribution in [0.15, 0.2) is 18.2 Å². The van der Waals surface area contributed by atoms with Gasteiger partial charge in [0, 0.05) is 10.0 Å². The Balaban J connectivity index is 0.000000461. The Labute approximate surface area is 90.6 Å². The summed E-state index contributed by atoms with van der Waals surface area (Å²) in [6.45, 7) is 3.68. The third kappa shape index (κ3) is 4.23. The summed E-state index contributed by atoms with van der Waals surface area (Å²) in [5, 5.41) is 1.13. The number of hydrogen-bond donors (Lipinski definition) is 0. The molecular formula is C7H5Cl3Zn. The average Bonchev–Trinajstić information content (AvgIpc) is 2.02. The fourth-order valence-electron chi connectivity index (χ4n) is 0.540. The third-order valence-corrected chi connectivity index (χ3v) is 1.72. The van der Waals surface area contributed by atoms with Crippen LogP contribution in [0.1, 0.15) is 5.56 Å². The monoisotopic (exact) mass is 258 g/mol. The Kier molecular flexibility index (Phi) is 6.46. The van der Waals surface area contributed by atoms with Gasteiger partial charge in [-0.05, 0) is 0 Å². The van der Waals surface area contributed by atoms with Crippen molar-refractivity contribution in [3.63, 3.8) is 0 Å². The van der Waals surface area contributed by atoms with Gasteiger partial charge < -0.3 is 0 Å². The van der Waals surface area contributed by atoms with E-state index in [0.717, 1.165) is 22.9 Å². The molecule has 0 heterocycles. The van der Waals surface area contributed by atoms with Gasteiger partial charge in [0.05, 0.1) is 0 Å². The molecule has 1 aromatic carbocycles. The third-order valence-electron chi connectivity index (χ3n) is 0.984. The second-order valence-corrected chi connectivity index (χ2v) is 2.56. The van der Waals surface area contributed by atoms with Gasteiger partial charge in [-0.15, -0.1) is 6.07 Å². The molecule has 0 atom stereocenters. The first-order chi connectivity index (χ1) is 5.20. The predicted octanol–water partition coefficient (Wildman–Crippen LogP) is 3.86. The number of benzene rings is 1. The normalized spacial score (nSPS) is 8.45. The summed E-state index contributed by atoms with van der Waals surface area (Å²) in [7, 11) is 4.76. The summed E-state index contributed by atoms with van der Waals surface area (Å²) < 4.78 is 0. The van der Waals surface area contributed by atoms with Crippen molar-refractivity contribution in [3.8, 4) is 0 Å². The molecule has 0 radical (unpaired) electrons. The zero-order valence-corrected chi connectivity index (χ0v) is 11.0. The van der Waals surface area contributed by atoms with E-state index in [2.05, 4.69) is 6.92 Å². The molecule has 0 N–H and O–H groups in total. The zero-order valence-electron chi connectivity index (χ0n) is 5.78. The van der Waals surface area contributed by atoms with E-state index in [9.17, 15) is 0 Å². The van der Waals surface area contributed by atoms with E-state index in [4.69, 9.17) is 32.9 Å². The average molecular weight is 261 g/mol. The standard InChI is InChI=1S/C7H5Cl2.ClH.Zn/c1-5-2-3-6(8)7(9)4-5;;/h2-4H,1H2;1H;/q-1;;+2/p-1. The van der Waals surface area contributed by atoms with Crippen LogP contribution in [0.5, 0.6) is 0 Å². The molecule has 0 amide bonds. The second-order valence-electron chi connectivity index (χ2n) is 1.75. The molecule has 0 saturated heterocycles. The summed E-state index contributed by atoms with van der Waals surface area (Å²) >= 11 is 12.1. The number of halogens is 3. The van der Waals surface area contributed by atoms with Crippen molar-refractivity contribution < 1.29 is 17.3 Å². The summed E-state index contributed by atoms with van der Waals surface area (Å²) in [5.74, 6) is 0. The van der Waals surface area contributed by atoms with Crippen molar-refractivity contribution in [1.29, 1.82) is 0 Å². The Bertz CT molecular complexity index is 225. The first kappa shape index (κ1) is 11.6. The maximum absolute atomic E-state index is 5.64. The van der Waals surface area contributed by atoms with Crippen molar-refractivity contribution in [1.82, 2.24) is 0 Å². The molecular weight excluding hydrogens is 256 g/mol. The summed E-state index contributed by atoms with van der Waals surface area (Å²) in [6, 6.07) is 5.27. The van der Waals surface area contributed by atoms with E-state index in [1.807, 2.05) is 6.07 Å². The van der Waals surface area contributed by atoms with E-state index >= 15 is 0 Å². The van der Waals surface area contributed by atoms with Gasteiger partial charge in [-0.25, -0.2) is 0 Å². The summed E-state index contributed by atoms with van der Waals surface area (Å²) in [4.78, 5) is 0. The van der Waals surface area contributed by atoms with Gasteiger partial charge in [-0.1, -0.05) is 29.3 Å². The van der Waals surface area contributed by atoms with Gasteiger partial charge in [-0.3, -0.25) is 0 Å². The van der Waals surface area contributed by atoms with Crippen LogP contribution < -0.4 is 0 Å². The molecule has 1 rings (SSSR count). The van der Waals surface area contributed by atoms with Gasteiger partial charge in [0.25, 0.3) is 0 Å². The van der Waals surface area contributed by atoms with Crippen LogP contribution in [0.2, 0.25) is 10.0 Å². The van der Waals surface area contributed by atoms with E-state index in [1.165, 1.54) is 0 Å². The molecule has 0 unspecified atom stereocenters. The van der Waals surface area contributed by atoms with Crippen LogP contribution in [-0.4, -0.2) is 0 Å². The molecule has 0 nitrogen and oxygen atoms in total. The maximum atomic E-state index is 5.64. The molecule has 0 fully saturated rings. The van der Waals surface area contributed by atoms with Crippen LogP contribution in [0, 0.1) is 6.92 Å². The fraction of sp³-hybridized carbons (Fsp3) is 0. The Morgan fingerprint density at radius 2 is 1.64 bits per heavy atom. The predicted molar refractivity (Wildman–Crippen MR) is 46.8 cm³/mol. The number of rotatable bonds is 0. The molecule has 0 saturated carbocycles. The molecule has 0 aliphatic rings. The van der Waals surface area contributed by atoms with E-state index in [1.54, 1.807) is 12.1 Å². The molecule has 0 aliphatic carbocycles. The first-order valence-electron chi connectivity index (χ1n) is 2.74. The summed E-state index contributed by atoms with van der Waals surface area (Å²) in [6.07, 6.45) is 0. The van der Waals surface area contributed by atoms with E-state index in [-0.39, 0.29) is 0 Å². The van der Waals surface area contributed by atoms with Gasteiger partial charge in [0.2, 0.25) is 0 Å². The van der Waals surface area contributed by atoms with Crippen molar-refractivity contribution in [3.05, 3.63) is 40.7 Å². The molecule has 0 aliphatic heterocycles. The summed E-state index contributed by atoms with van der Waals surface area (Å²) in [5.41, 5.74) is 0.879. The topological polar surface area (TPSA) is 0 Å². The molecule has 4 heteroatoms. The van der Waals surface area contributed by atoms with Crippen molar-refractivity contribution in [2.45, 2.75) is 0 Å². The van der Waals surface area contributed by atoms with Crippen LogP contribution >= 0.6 is 32.9 Å². The molecule has 56 valence electrons. The van der Waals surface area contributed by atoms with Gasteiger partial charge in [-0.2, -0.15) is 18.6 Å². The van der Waals surface area contributed by atoms with Crippen molar-refractivity contribution in [2.24, 2.45) is 0 Å². The zero-order chi connectivity index (χ0) is 8.85. The van der Waals surface area contributed by atoms with Crippen LogP contribution in [0.3, 0.4) is 0 Å².